The normalized spacial score (nSPS) is 23.5. The van der Waals surface area contributed by atoms with E-state index in [2.05, 4.69) is 34.5 Å². The van der Waals surface area contributed by atoms with Gasteiger partial charge in [0.15, 0.2) is 0 Å². The molecule has 0 aliphatic heterocycles. The summed E-state index contributed by atoms with van der Waals surface area (Å²) < 4.78 is 6.12. The Labute approximate surface area is 128 Å². The minimum Gasteiger partial charge on any atom is -0.383 e. The van der Waals surface area contributed by atoms with Gasteiger partial charge in [0.1, 0.15) is 11.6 Å². The molecule has 2 N–H and O–H groups in total. The Kier molecular flexibility index (Phi) is 5.38. The maximum atomic E-state index is 6.01. The fourth-order valence-electron chi connectivity index (χ4n) is 2.84. The maximum absolute atomic E-state index is 6.01. The number of ether oxygens (including phenoxy) is 1. The average molecular weight is 375 g/mol. The molecule has 1 saturated carbocycles. The van der Waals surface area contributed by atoms with Crippen LogP contribution in [-0.2, 0) is 11.3 Å². The van der Waals surface area contributed by atoms with Crippen molar-refractivity contribution in [2.75, 3.05) is 12.8 Å². The van der Waals surface area contributed by atoms with Crippen LogP contribution in [0.25, 0.3) is 0 Å². The quantitative estimate of drug-likeness (QED) is 0.819. The van der Waals surface area contributed by atoms with Gasteiger partial charge in [0.05, 0.1) is 15.9 Å². The maximum Gasteiger partial charge on any atom is 0.141 e. The van der Waals surface area contributed by atoms with Gasteiger partial charge in [-0.1, -0.05) is 26.2 Å². The van der Waals surface area contributed by atoms with Crippen LogP contribution in [0, 0.1) is 9.49 Å². The summed E-state index contributed by atoms with van der Waals surface area (Å²) in [5.41, 5.74) is 6.93. The SMILES string of the molecule is CCC1CCCC(c2nc(N)c(I)c(COC)n2)C1. The summed E-state index contributed by atoms with van der Waals surface area (Å²) in [7, 11) is 1.68. The smallest absolute Gasteiger partial charge is 0.141 e. The van der Waals surface area contributed by atoms with Gasteiger partial charge in [0, 0.05) is 13.0 Å². The molecule has 5 heteroatoms. The van der Waals surface area contributed by atoms with Gasteiger partial charge in [0.25, 0.3) is 0 Å². The van der Waals surface area contributed by atoms with Gasteiger partial charge >= 0.3 is 0 Å². The van der Waals surface area contributed by atoms with Crippen LogP contribution in [0.4, 0.5) is 5.82 Å². The number of rotatable bonds is 4. The molecule has 4 nitrogen and oxygen atoms in total. The first-order chi connectivity index (χ1) is 9.15. The third kappa shape index (κ3) is 3.56. The van der Waals surface area contributed by atoms with Gasteiger partial charge in [0.2, 0.25) is 0 Å². The Hall–Kier alpha value is -0.430. The minimum absolute atomic E-state index is 0.466. The molecule has 2 unspecified atom stereocenters. The molecule has 1 aliphatic rings. The number of nitrogens with zero attached hydrogens (tertiary/aromatic N) is 2. The van der Waals surface area contributed by atoms with Gasteiger partial charge in [-0.3, -0.25) is 0 Å². The summed E-state index contributed by atoms with van der Waals surface area (Å²) in [6.45, 7) is 2.77. The molecule has 1 heterocycles. The van der Waals surface area contributed by atoms with Gasteiger partial charge in [-0.05, 0) is 41.4 Å². The molecule has 0 radical (unpaired) electrons. The highest BCUT2D eigenvalue weighted by atomic mass is 127. The van der Waals surface area contributed by atoms with E-state index in [1.807, 2.05) is 0 Å². The largest absolute Gasteiger partial charge is 0.383 e. The number of nitrogen functional groups attached to an aromatic ring is 1. The molecule has 19 heavy (non-hydrogen) atoms. The molecule has 1 aromatic rings. The Bertz CT molecular complexity index is 439. The van der Waals surface area contributed by atoms with Crippen LogP contribution in [0.5, 0.6) is 0 Å². The number of hydrogen-bond acceptors (Lipinski definition) is 4. The fraction of sp³-hybridized carbons (Fsp3) is 0.714. The summed E-state index contributed by atoms with van der Waals surface area (Å²) >= 11 is 2.20. The van der Waals surface area contributed by atoms with Crippen molar-refractivity contribution in [2.45, 2.75) is 51.6 Å². The lowest BCUT2D eigenvalue weighted by atomic mass is 9.80. The van der Waals surface area contributed by atoms with Crippen LogP contribution in [0.15, 0.2) is 0 Å². The Morgan fingerprint density at radius 1 is 1.37 bits per heavy atom. The third-order valence-corrected chi connectivity index (χ3v) is 5.14. The van der Waals surface area contributed by atoms with Crippen LogP contribution < -0.4 is 5.73 Å². The Morgan fingerprint density at radius 2 is 2.16 bits per heavy atom. The van der Waals surface area contributed by atoms with Crippen LogP contribution in [0.3, 0.4) is 0 Å². The molecular weight excluding hydrogens is 353 g/mol. The summed E-state index contributed by atoms with van der Waals surface area (Å²) in [4.78, 5) is 9.20. The number of aromatic nitrogens is 2. The highest BCUT2D eigenvalue weighted by Crippen LogP contribution is 2.36. The van der Waals surface area contributed by atoms with Crippen molar-refractivity contribution in [3.05, 3.63) is 15.1 Å². The summed E-state index contributed by atoms with van der Waals surface area (Å²) in [6, 6.07) is 0. The van der Waals surface area contributed by atoms with Crippen LogP contribution in [-0.4, -0.2) is 17.1 Å². The highest BCUT2D eigenvalue weighted by Gasteiger charge is 2.25. The van der Waals surface area contributed by atoms with Crippen molar-refractivity contribution in [3.8, 4) is 0 Å². The van der Waals surface area contributed by atoms with Gasteiger partial charge < -0.3 is 10.5 Å². The van der Waals surface area contributed by atoms with Crippen molar-refractivity contribution in [1.29, 1.82) is 0 Å². The predicted octanol–water partition coefficient (Wildman–Crippen LogP) is 3.49. The number of nitrogens with two attached hydrogens (primary N) is 1. The van der Waals surface area contributed by atoms with E-state index >= 15 is 0 Å². The Balaban J connectivity index is 2.24. The number of halogens is 1. The van der Waals surface area contributed by atoms with Crippen LogP contribution in [0.2, 0.25) is 0 Å². The van der Waals surface area contributed by atoms with E-state index in [0.29, 0.717) is 18.3 Å². The molecule has 1 aromatic heterocycles. The lowest BCUT2D eigenvalue weighted by molar-refractivity contribution is 0.180. The van der Waals surface area contributed by atoms with Gasteiger partial charge in [-0.2, -0.15) is 0 Å². The fourth-order valence-corrected chi connectivity index (χ4v) is 3.24. The molecular formula is C14H22IN3O. The molecule has 2 atom stereocenters. The second-order valence-electron chi connectivity index (χ2n) is 5.30. The lowest BCUT2D eigenvalue weighted by Crippen LogP contribution is -2.18. The van der Waals surface area contributed by atoms with Crippen molar-refractivity contribution in [2.24, 2.45) is 5.92 Å². The first kappa shape index (κ1) is 15.0. The summed E-state index contributed by atoms with van der Waals surface area (Å²) in [6.07, 6.45) is 6.25. The summed E-state index contributed by atoms with van der Waals surface area (Å²) in [5.74, 6) is 2.79. The zero-order valence-electron chi connectivity index (χ0n) is 11.7. The first-order valence-electron chi connectivity index (χ1n) is 6.96. The standard InChI is InChI=1S/C14H22IN3O/c1-3-9-5-4-6-10(7-9)14-17-11(8-19-2)12(15)13(16)18-14/h9-10H,3-8H2,1-2H3,(H2,16,17,18). The molecule has 0 saturated heterocycles. The predicted molar refractivity (Wildman–Crippen MR) is 84.9 cm³/mol. The molecule has 1 aliphatic carbocycles. The van der Waals surface area contributed by atoms with Crippen molar-refractivity contribution in [1.82, 2.24) is 9.97 Å². The van der Waals surface area contributed by atoms with Crippen molar-refractivity contribution in [3.63, 3.8) is 0 Å². The lowest BCUT2D eigenvalue weighted by Gasteiger charge is -2.27. The number of anilines is 1. The number of methoxy groups -OCH3 is 1. The zero-order valence-corrected chi connectivity index (χ0v) is 13.8. The van der Waals surface area contributed by atoms with E-state index in [1.165, 1.54) is 32.1 Å². The molecule has 106 valence electrons. The van der Waals surface area contributed by atoms with Crippen LogP contribution >= 0.6 is 22.6 Å². The molecule has 1 fully saturated rings. The van der Waals surface area contributed by atoms with E-state index in [4.69, 9.17) is 15.5 Å². The van der Waals surface area contributed by atoms with Crippen molar-refractivity contribution < 1.29 is 4.74 Å². The van der Waals surface area contributed by atoms with E-state index in [0.717, 1.165) is 21.0 Å². The second kappa shape index (κ2) is 6.83. The van der Waals surface area contributed by atoms with Crippen molar-refractivity contribution >= 4 is 28.4 Å². The Morgan fingerprint density at radius 3 is 2.84 bits per heavy atom. The molecule has 0 bridgehead atoms. The highest BCUT2D eigenvalue weighted by molar-refractivity contribution is 14.1. The van der Waals surface area contributed by atoms with E-state index in [9.17, 15) is 0 Å². The topological polar surface area (TPSA) is 61.0 Å². The second-order valence-corrected chi connectivity index (χ2v) is 6.38. The van der Waals surface area contributed by atoms with E-state index in [-0.39, 0.29) is 0 Å². The first-order valence-corrected chi connectivity index (χ1v) is 8.04. The molecule has 0 spiro atoms. The van der Waals surface area contributed by atoms with Crippen LogP contribution in [0.1, 0.15) is 56.5 Å². The summed E-state index contributed by atoms with van der Waals surface area (Å²) in [5, 5.41) is 0. The molecule has 2 rings (SSSR count). The number of hydrogen-bond donors (Lipinski definition) is 1. The molecule has 0 amide bonds. The van der Waals surface area contributed by atoms with E-state index < -0.39 is 0 Å². The zero-order chi connectivity index (χ0) is 13.8. The van der Waals surface area contributed by atoms with E-state index in [1.54, 1.807) is 7.11 Å². The van der Waals surface area contributed by atoms with Gasteiger partial charge in [-0.25, -0.2) is 9.97 Å². The monoisotopic (exact) mass is 375 g/mol. The average Bonchev–Trinajstić information content (AvgIpc) is 2.44. The van der Waals surface area contributed by atoms with Gasteiger partial charge in [-0.15, -0.1) is 0 Å². The molecule has 0 aromatic carbocycles. The third-order valence-electron chi connectivity index (χ3n) is 3.97. The minimum atomic E-state index is 0.466.